The number of likely N-dealkylation sites (N-methyl/N-ethyl adjacent to an activating group) is 1. The lowest BCUT2D eigenvalue weighted by atomic mass is 9.70. The summed E-state index contributed by atoms with van der Waals surface area (Å²) in [5.41, 5.74) is -3.05. The smallest absolute Gasteiger partial charge is 0.410 e. The Bertz CT molecular complexity index is 2390. The zero-order valence-electron chi connectivity index (χ0n) is 47.7. The van der Waals surface area contributed by atoms with Gasteiger partial charge in [0, 0.05) is 94.3 Å². The van der Waals surface area contributed by atoms with Crippen molar-refractivity contribution in [1.29, 1.82) is 0 Å². The number of amides is 3. The van der Waals surface area contributed by atoms with Crippen LogP contribution in [0, 0.1) is 23.2 Å². The first-order valence-electron chi connectivity index (χ1n) is 27.8. The fourth-order valence-corrected chi connectivity index (χ4v) is 13.2. The molecule has 7 rings (SSSR count). The van der Waals surface area contributed by atoms with Gasteiger partial charge in [-0.1, -0.05) is 50.9 Å². The number of nitrogens with zero attached hydrogens (tertiary/aromatic N) is 5. The molecule has 436 valence electrons. The number of carbonyl (C=O) groups excluding carboxylic acids is 4. The van der Waals surface area contributed by atoms with Gasteiger partial charge < -0.3 is 67.7 Å². The fourth-order valence-electron chi connectivity index (χ4n) is 12.7. The summed E-state index contributed by atoms with van der Waals surface area (Å²) in [6.45, 7) is 18.0. The molecule has 0 unspecified atom stereocenters. The average Bonchev–Trinajstić information content (AvgIpc) is 4.07. The molecule has 4 aliphatic heterocycles. The van der Waals surface area contributed by atoms with Gasteiger partial charge >= 0.3 is 18.1 Å². The number of pyridine rings is 1. The van der Waals surface area contributed by atoms with Crippen LogP contribution in [0.15, 0.2) is 30.6 Å². The minimum absolute atomic E-state index is 0.0509. The number of esters is 1. The van der Waals surface area contributed by atoms with E-state index in [1.54, 1.807) is 84.8 Å². The van der Waals surface area contributed by atoms with Crippen molar-refractivity contribution in [3.05, 3.63) is 46.2 Å². The Morgan fingerprint density at radius 3 is 2.26 bits per heavy atom. The maximum atomic E-state index is 15.3. The van der Waals surface area contributed by atoms with E-state index in [0.29, 0.717) is 72.8 Å². The Morgan fingerprint density at radius 1 is 0.962 bits per heavy atom. The number of methoxy groups -OCH3 is 2. The first kappa shape index (κ1) is 61.4. The second-order valence-electron chi connectivity index (χ2n) is 23.2. The summed E-state index contributed by atoms with van der Waals surface area (Å²) in [4.78, 5) is 69.4. The Labute approximate surface area is 470 Å². The monoisotopic (exact) mass is 1130 g/mol. The number of carbonyl (C=O) groups is 4. The van der Waals surface area contributed by atoms with E-state index >= 15 is 4.79 Å². The predicted molar refractivity (Wildman–Crippen MR) is 293 cm³/mol. The topological polar surface area (TPSA) is 208 Å². The third kappa shape index (κ3) is 12.9. The first-order valence-corrected chi connectivity index (χ1v) is 28.6. The molecule has 21 heteroatoms. The van der Waals surface area contributed by atoms with E-state index in [9.17, 15) is 24.6 Å². The minimum Gasteiger partial charge on any atom is -0.493 e. The second kappa shape index (κ2) is 25.7. The van der Waals surface area contributed by atoms with Gasteiger partial charge in [-0.15, -0.1) is 0 Å². The molecule has 5 fully saturated rings. The number of rotatable bonds is 15. The van der Waals surface area contributed by atoms with Gasteiger partial charge in [0.2, 0.25) is 0 Å². The van der Waals surface area contributed by atoms with Gasteiger partial charge in [0.15, 0.2) is 23.4 Å². The summed E-state index contributed by atoms with van der Waals surface area (Å²) in [5, 5.41) is 25.4. The summed E-state index contributed by atoms with van der Waals surface area (Å²) in [5.74, 6) is -2.32. The Kier molecular flexibility index (Phi) is 20.2. The number of halogens is 2. The number of aliphatic hydroxyl groups is 2. The normalized spacial score (nSPS) is 33.2. The van der Waals surface area contributed by atoms with Crippen molar-refractivity contribution in [1.82, 2.24) is 19.7 Å². The summed E-state index contributed by atoms with van der Waals surface area (Å²) >= 11 is 13.5. The molecular formula is C57H85Cl2N5O14. The van der Waals surface area contributed by atoms with Gasteiger partial charge in [0.25, 0.3) is 0 Å². The summed E-state index contributed by atoms with van der Waals surface area (Å²) in [6, 6.07) is 3.83. The number of anilines is 1. The summed E-state index contributed by atoms with van der Waals surface area (Å²) in [7, 11) is 4.74. The molecule has 1 aromatic carbocycles. The molecule has 13 atom stereocenters. The number of benzene rings is 1. The van der Waals surface area contributed by atoms with Gasteiger partial charge in [-0.05, 0) is 98.1 Å². The van der Waals surface area contributed by atoms with Crippen LogP contribution in [0.3, 0.4) is 0 Å². The van der Waals surface area contributed by atoms with Gasteiger partial charge in [0.1, 0.15) is 18.0 Å². The maximum Gasteiger partial charge on any atom is 0.410 e. The maximum absolute atomic E-state index is 15.3. The first-order chi connectivity index (χ1) is 36.9. The number of aromatic nitrogens is 1. The highest BCUT2D eigenvalue weighted by Crippen LogP contribution is 2.46. The number of hydrogen-bond donors (Lipinski definition) is 2. The zero-order valence-corrected chi connectivity index (χ0v) is 49.2. The standard InChI is InChI=1S/C57H85Cl2N5O14/c1-13-45-57(9)48(64(54(70)78-57)22-16-21-63(32-39-40(58)30-60-31-41(39)59)37-19-20-43(71-11)44(28-37)75-38-17-14-15-18-38)35(4)46(65)33(2)29-56(8,72-12)50(36(5)49(67)55(6,7)52(68)76-45)77-51-47(66)42(27-34(3)74-51)61(10)53(69)62-23-25-73-26-24-62/h19-20,28,30-31,33-36,38,42,45,47-51,66-67H,13-18,21-27,29,32H2,1-12H3/t33-,34-,35+,36+,42+,45-,47-,48-,49+,50-,51+,56-,57-/m1/s1. The molecule has 5 heterocycles. The van der Waals surface area contributed by atoms with Crippen LogP contribution < -0.4 is 14.4 Å². The number of urea groups is 1. The highest BCUT2D eigenvalue weighted by Gasteiger charge is 2.61. The lowest BCUT2D eigenvalue weighted by Crippen LogP contribution is -2.62. The number of morpholine rings is 1. The molecule has 4 saturated heterocycles. The van der Waals surface area contributed by atoms with Crippen LogP contribution in [-0.2, 0) is 44.6 Å². The highest BCUT2D eigenvalue weighted by atomic mass is 35.5. The van der Waals surface area contributed by atoms with E-state index in [2.05, 4.69) is 9.88 Å². The van der Waals surface area contributed by atoms with Crippen molar-refractivity contribution in [3.63, 3.8) is 0 Å². The second-order valence-corrected chi connectivity index (χ2v) is 24.0. The lowest BCUT2D eigenvalue weighted by molar-refractivity contribution is -0.301. The summed E-state index contributed by atoms with van der Waals surface area (Å²) < 4.78 is 50.0. The van der Waals surface area contributed by atoms with E-state index in [1.807, 2.05) is 32.0 Å². The zero-order chi connectivity index (χ0) is 57.0. The van der Waals surface area contributed by atoms with Crippen LogP contribution in [0.25, 0.3) is 0 Å². The Hall–Kier alpha value is -4.21. The van der Waals surface area contributed by atoms with Crippen LogP contribution in [0.2, 0.25) is 10.0 Å². The molecule has 0 bridgehead atoms. The number of ether oxygens (including phenoxy) is 8. The SMILES string of the molecule is CC[C@H]1OC(=O)C(C)(C)[C@@H](O)[C@H](C)[C@@H](O[C@@H]2O[C@H](C)C[C@H](N(C)C(=O)N3CCOCC3)[C@H]2O)[C@](C)(OC)C[C@@H](C)C(=O)[C@H](C)[C@H]2N(CCCN(Cc3c(Cl)cncc3Cl)c3ccc(OC)c(OC4CCCC4)c3)C(=O)O[C@]12C. The largest absolute Gasteiger partial charge is 0.493 e. The van der Waals surface area contributed by atoms with Crippen molar-refractivity contribution in [2.45, 2.75) is 186 Å². The van der Waals surface area contributed by atoms with Gasteiger partial charge in [0.05, 0.1) is 77.9 Å². The number of ketones is 1. The molecule has 78 heavy (non-hydrogen) atoms. The van der Waals surface area contributed by atoms with Crippen molar-refractivity contribution >= 4 is 52.8 Å². The minimum atomic E-state index is -1.60. The van der Waals surface area contributed by atoms with Crippen LogP contribution in [0.4, 0.5) is 15.3 Å². The molecule has 0 spiro atoms. The number of aliphatic hydroxyl groups excluding tert-OH is 2. The van der Waals surface area contributed by atoms with E-state index in [0.717, 1.165) is 31.4 Å². The van der Waals surface area contributed by atoms with Crippen LogP contribution in [0.1, 0.15) is 119 Å². The number of Topliss-reactive ketones (excluding diaryl/α,β-unsaturated/α-hetero) is 1. The highest BCUT2D eigenvalue weighted by molar-refractivity contribution is 6.35. The van der Waals surface area contributed by atoms with E-state index in [4.69, 9.17) is 61.1 Å². The molecule has 3 amide bonds. The molecule has 0 radical (unpaired) electrons. The average molecular weight is 1140 g/mol. The van der Waals surface area contributed by atoms with Crippen molar-refractivity contribution in [3.8, 4) is 11.5 Å². The van der Waals surface area contributed by atoms with Crippen LogP contribution >= 0.6 is 23.2 Å². The van der Waals surface area contributed by atoms with Crippen LogP contribution in [-0.4, -0.2) is 181 Å². The van der Waals surface area contributed by atoms with Crippen molar-refractivity contribution in [2.75, 3.05) is 65.6 Å². The number of fused-ring (bicyclic) bond motifs is 1. The third-order valence-corrected chi connectivity index (χ3v) is 18.0. The quantitative estimate of drug-likeness (QED) is 0.161. The van der Waals surface area contributed by atoms with E-state index in [-0.39, 0.29) is 43.8 Å². The van der Waals surface area contributed by atoms with E-state index < -0.39 is 95.3 Å². The molecule has 5 aliphatic rings. The van der Waals surface area contributed by atoms with E-state index in [1.165, 1.54) is 12.0 Å². The molecular weight excluding hydrogens is 1050 g/mol. The third-order valence-electron chi connectivity index (χ3n) is 17.4. The predicted octanol–water partition coefficient (Wildman–Crippen LogP) is 8.32. The lowest BCUT2D eigenvalue weighted by Gasteiger charge is -2.49. The molecule has 1 saturated carbocycles. The molecule has 19 nitrogen and oxygen atoms in total. The Morgan fingerprint density at radius 2 is 1.63 bits per heavy atom. The van der Waals surface area contributed by atoms with Crippen molar-refractivity contribution in [2.24, 2.45) is 23.2 Å². The van der Waals surface area contributed by atoms with Gasteiger partial charge in [-0.2, -0.15) is 0 Å². The van der Waals surface area contributed by atoms with Gasteiger partial charge in [-0.3, -0.25) is 14.6 Å². The van der Waals surface area contributed by atoms with Crippen molar-refractivity contribution < 1.29 is 67.3 Å². The number of hydrogen-bond acceptors (Lipinski definition) is 16. The molecule has 1 aromatic heterocycles. The fraction of sp³-hybridized carbons (Fsp3) is 0.737. The van der Waals surface area contributed by atoms with Crippen LogP contribution in [0.5, 0.6) is 11.5 Å². The van der Waals surface area contributed by atoms with Gasteiger partial charge in [-0.25, -0.2) is 9.59 Å². The molecule has 1 aliphatic carbocycles. The molecule has 2 N–H and O–H groups in total. The summed E-state index contributed by atoms with van der Waals surface area (Å²) in [6.07, 6.45) is 0.723. The Balaban J connectivity index is 1.20. The molecule has 2 aromatic rings. The number of cyclic esters (lactones) is 1.